The predicted octanol–water partition coefficient (Wildman–Crippen LogP) is 3.42. The Balaban J connectivity index is 1.95. The zero-order valence-electron chi connectivity index (χ0n) is 11.8. The molecular formula is C16H16ClN3O. The van der Waals surface area contributed by atoms with Crippen LogP contribution in [0.5, 0.6) is 5.88 Å². The van der Waals surface area contributed by atoms with Crippen LogP contribution in [0, 0.1) is 0 Å². The number of alkyl halides is 1. The van der Waals surface area contributed by atoms with Crippen molar-refractivity contribution in [1.29, 1.82) is 0 Å². The van der Waals surface area contributed by atoms with Crippen LogP contribution in [0.1, 0.15) is 11.4 Å². The molecule has 0 aliphatic carbocycles. The van der Waals surface area contributed by atoms with E-state index in [-0.39, 0.29) is 0 Å². The molecule has 0 aliphatic heterocycles. The molecule has 1 aromatic carbocycles. The number of rotatable bonds is 5. The maximum atomic E-state index is 6.02. The normalized spacial score (nSPS) is 11.0. The van der Waals surface area contributed by atoms with Crippen LogP contribution in [0.3, 0.4) is 0 Å². The Morgan fingerprint density at radius 2 is 1.90 bits per heavy atom. The van der Waals surface area contributed by atoms with Crippen LogP contribution in [-0.2, 0) is 18.8 Å². The summed E-state index contributed by atoms with van der Waals surface area (Å²) in [5, 5.41) is 0. The first-order valence-corrected chi connectivity index (χ1v) is 7.35. The molecule has 3 rings (SSSR count). The highest BCUT2D eigenvalue weighted by atomic mass is 35.5. The van der Waals surface area contributed by atoms with Crippen LogP contribution in [-0.4, -0.2) is 21.6 Å². The fraction of sp³-hybridized carbons (Fsp3) is 0.250. The van der Waals surface area contributed by atoms with Gasteiger partial charge in [0.05, 0.1) is 13.0 Å². The van der Waals surface area contributed by atoms with Crippen LogP contribution < -0.4 is 4.74 Å². The summed E-state index contributed by atoms with van der Waals surface area (Å²) in [6, 6.07) is 14.1. The van der Waals surface area contributed by atoms with E-state index in [4.69, 9.17) is 16.3 Å². The highest BCUT2D eigenvalue weighted by molar-refractivity contribution is 6.16. The lowest BCUT2D eigenvalue weighted by Crippen LogP contribution is -2.06. The minimum Gasteiger partial charge on any atom is -0.481 e. The molecule has 4 nitrogen and oxygen atoms in total. The number of aromatic nitrogens is 3. The molecular weight excluding hydrogens is 286 g/mol. The zero-order valence-corrected chi connectivity index (χ0v) is 12.5. The van der Waals surface area contributed by atoms with E-state index >= 15 is 0 Å². The van der Waals surface area contributed by atoms with Crippen molar-refractivity contribution in [1.82, 2.24) is 14.5 Å². The number of imidazole rings is 1. The zero-order chi connectivity index (χ0) is 14.7. The van der Waals surface area contributed by atoms with Gasteiger partial charge in [0.2, 0.25) is 5.88 Å². The molecule has 0 saturated carbocycles. The van der Waals surface area contributed by atoms with E-state index in [9.17, 15) is 0 Å². The Labute approximate surface area is 128 Å². The average Bonchev–Trinajstić information content (AvgIpc) is 2.90. The van der Waals surface area contributed by atoms with Gasteiger partial charge < -0.3 is 9.30 Å². The van der Waals surface area contributed by atoms with Crippen LogP contribution >= 0.6 is 11.6 Å². The summed E-state index contributed by atoms with van der Waals surface area (Å²) in [5.41, 5.74) is 2.95. The molecule has 0 spiro atoms. The number of ether oxygens (including phenoxy) is 1. The van der Waals surface area contributed by atoms with Gasteiger partial charge in [-0.15, -0.1) is 11.6 Å². The third-order valence-corrected chi connectivity index (χ3v) is 3.68. The van der Waals surface area contributed by atoms with E-state index in [0.717, 1.165) is 30.0 Å². The van der Waals surface area contributed by atoms with Gasteiger partial charge in [-0.05, 0) is 18.1 Å². The molecule has 0 N–H and O–H groups in total. The number of nitrogens with zero attached hydrogens (tertiary/aromatic N) is 3. The van der Waals surface area contributed by atoms with Gasteiger partial charge in [-0.3, -0.25) is 0 Å². The Morgan fingerprint density at radius 1 is 1.10 bits per heavy atom. The first-order valence-electron chi connectivity index (χ1n) is 6.82. The summed E-state index contributed by atoms with van der Waals surface area (Å²) in [6.07, 6.45) is 0.912. The summed E-state index contributed by atoms with van der Waals surface area (Å²) in [5.74, 6) is 1.79. The Morgan fingerprint density at radius 3 is 2.62 bits per heavy atom. The number of methoxy groups -OCH3 is 1. The van der Waals surface area contributed by atoms with Crippen LogP contribution in [0.15, 0.2) is 42.5 Å². The summed E-state index contributed by atoms with van der Waals surface area (Å²) in [4.78, 5) is 9.03. The van der Waals surface area contributed by atoms with Gasteiger partial charge in [-0.2, -0.15) is 4.98 Å². The second-order valence-corrected chi connectivity index (χ2v) is 5.01. The molecule has 0 aliphatic rings. The highest BCUT2D eigenvalue weighted by Crippen LogP contribution is 2.19. The molecule has 2 heterocycles. The van der Waals surface area contributed by atoms with Crippen molar-refractivity contribution < 1.29 is 4.74 Å². The fourth-order valence-corrected chi connectivity index (χ4v) is 2.57. The Hall–Kier alpha value is -2.07. The Kier molecular flexibility index (Phi) is 4.06. The molecule has 3 aromatic rings. The summed E-state index contributed by atoms with van der Waals surface area (Å²) in [7, 11) is 1.61. The highest BCUT2D eigenvalue weighted by Gasteiger charge is 2.12. The van der Waals surface area contributed by atoms with Crippen LogP contribution in [0.25, 0.3) is 11.2 Å². The standard InChI is InChI=1S/C16H16ClN3O/c1-21-15-8-7-13-16(19-15)20(14(11-17)18-13)10-9-12-5-3-2-4-6-12/h2-8H,9-11H2,1H3. The largest absolute Gasteiger partial charge is 0.481 e. The maximum Gasteiger partial charge on any atom is 0.215 e. The summed E-state index contributed by atoms with van der Waals surface area (Å²) < 4.78 is 7.27. The van der Waals surface area contributed by atoms with Crippen LogP contribution in [0.4, 0.5) is 0 Å². The van der Waals surface area contributed by atoms with Gasteiger partial charge in [-0.1, -0.05) is 30.3 Å². The number of fused-ring (bicyclic) bond motifs is 1. The third kappa shape index (κ3) is 2.85. The second-order valence-electron chi connectivity index (χ2n) is 4.75. The number of pyridine rings is 1. The topological polar surface area (TPSA) is 39.9 Å². The summed E-state index contributed by atoms with van der Waals surface area (Å²) in [6.45, 7) is 0.794. The minimum atomic E-state index is 0.369. The fourth-order valence-electron chi connectivity index (χ4n) is 2.37. The van der Waals surface area contributed by atoms with Gasteiger partial charge in [0.25, 0.3) is 0 Å². The number of hydrogen-bond donors (Lipinski definition) is 0. The molecule has 108 valence electrons. The van der Waals surface area contributed by atoms with Crippen molar-refractivity contribution in [2.75, 3.05) is 7.11 Å². The maximum absolute atomic E-state index is 6.02. The predicted molar refractivity (Wildman–Crippen MR) is 83.8 cm³/mol. The van der Waals surface area contributed by atoms with Crippen molar-refractivity contribution in [2.24, 2.45) is 0 Å². The SMILES string of the molecule is COc1ccc2nc(CCl)n(CCc3ccccc3)c2n1. The molecule has 21 heavy (non-hydrogen) atoms. The summed E-state index contributed by atoms with van der Waals surface area (Å²) >= 11 is 6.02. The van der Waals surface area contributed by atoms with Gasteiger partial charge in [-0.25, -0.2) is 4.98 Å². The number of halogens is 1. The van der Waals surface area contributed by atoms with Gasteiger partial charge in [0.15, 0.2) is 5.65 Å². The van der Waals surface area contributed by atoms with Gasteiger partial charge >= 0.3 is 0 Å². The monoisotopic (exact) mass is 301 g/mol. The first kappa shape index (κ1) is 13.9. The molecule has 0 saturated heterocycles. The van der Waals surface area contributed by atoms with Crippen molar-refractivity contribution in [3.05, 3.63) is 53.9 Å². The lowest BCUT2D eigenvalue weighted by Gasteiger charge is -2.07. The quantitative estimate of drug-likeness (QED) is 0.678. The van der Waals surface area contributed by atoms with E-state index in [0.29, 0.717) is 11.8 Å². The van der Waals surface area contributed by atoms with Crippen molar-refractivity contribution in [3.63, 3.8) is 0 Å². The molecule has 0 fully saturated rings. The van der Waals surface area contributed by atoms with E-state index < -0.39 is 0 Å². The van der Waals surface area contributed by atoms with Crippen molar-refractivity contribution >= 4 is 22.8 Å². The van der Waals surface area contributed by atoms with Gasteiger partial charge in [0, 0.05) is 12.6 Å². The van der Waals surface area contributed by atoms with Crippen LogP contribution in [0.2, 0.25) is 0 Å². The molecule has 0 amide bonds. The molecule has 0 unspecified atom stereocenters. The number of aryl methyl sites for hydroxylation is 2. The number of benzene rings is 1. The lowest BCUT2D eigenvalue weighted by atomic mass is 10.1. The van der Waals surface area contributed by atoms with Crippen molar-refractivity contribution in [2.45, 2.75) is 18.8 Å². The minimum absolute atomic E-state index is 0.369. The molecule has 0 radical (unpaired) electrons. The molecule has 2 aromatic heterocycles. The average molecular weight is 302 g/mol. The molecule has 5 heteroatoms. The Bertz CT molecular complexity index is 740. The second kappa shape index (κ2) is 6.14. The van der Waals surface area contributed by atoms with E-state index in [1.54, 1.807) is 7.11 Å². The molecule has 0 bridgehead atoms. The smallest absolute Gasteiger partial charge is 0.215 e. The molecule has 0 atom stereocenters. The third-order valence-electron chi connectivity index (χ3n) is 3.44. The first-order chi connectivity index (χ1) is 10.3. The van der Waals surface area contributed by atoms with Gasteiger partial charge in [0.1, 0.15) is 11.3 Å². The van der Waals surface area contributed by atoms with E-state index in [2.05, 4.69) is 26.7 Å². The van der Waals surface area contributed by atoms with Crippen molar-refractivity contribution in [3.8, 4) is 5.88 Å². The van der Waals surface area contributed by atoms with E-state index in [1.807, 2.05) is 30.3 Å². The van der Waals surface area contributed by atoms with E-state index in [1.165, 1.54) is 5.56 Å². The lowest BCUT2D eigenvalue weighted by molar-refractivity contribution is 0.399. The number of hydrogen-bond acceptors (Lipinski definition) is 3.